The van der Waals surface area contributed by atoms with Crippen molar-refractivity contribution in [3.8, 4) is 0 Å². The Morgan fingerprint density at radius 1 is 1.40 bits per heavy atom. The van der Waals surface area contributed by atoms with Gasteiger partial charge in [0.05, 0.1) is 11.5 Å². The summed E-state index contributed by atoms with van der Waals surface area (Å²) in [5.41, 5.74) is 1.52. The van der Waals surface area contributed by atoms with Crippen molar-refractivity contribution in [2.24, 2.45) is 0 Å². The molecular formula is C10H15NO3S. The van der Waals surface area contributed by atoms with E-state index in [1.807, 2.05) is 6.92 Å². The summed E-state index contributed by atoms with van der Waals surface area (Å²) in [4.78, 5) is 0.194. The molecule has 0 saturated heterocycles. The third-order valence-corrected chi connectivity index (χ3v) is 3.68. The molecule has 2 N–H and O–H groups in total. The van der Waals surface area contributed by atoms with Crippen LogP contribution in [-0.4, -0.2) is 20.1 Å². The van der Waals surface area contributed by atoms with Gasteiger partial charge in [-0.25, -0.2) is 13.1 Å². The first kappa shape index (κ1) is 12.2. The number of nitrogens with one attached hydrogen (secondary N) is 1. The predicted octanol–water partition coefficient (Wildman–Crippen LogP) is 0.786. The maximum atomic E-state index is 11.6. The molecule has 15 heavy (non-hydrogen) atoms. The van der Waals surface area contributed by atoms with Crippen LogP contribution in [0.5, 0.6) is 0 Å². The zero-order valence-electron chi connectivity index (χ0n) is 8.82. The fourth-order valence-corrected chi connectivity index (χ4v) is 2.35. The molecular weight excluding hydrogens is 214 g/mol. The van der Waals surface area contributed by atoms with Gasteiger partial charge in [-0.1, -0.05) is 13.0 Å². The maximum Gasteiger partial charge on any atom is 0.240 e. The Bertz CT molecular complexity index is 440. The van der Waals surface area contributed by atoms with Gasteiger partial charge in [-0.3, -0.25) is 0 Å². The number of aliphatic hydroxyl groups is 1. The molecule has 4 nitrogen and oxygen atoms in total. The lowest BCUT2D eigenvalue weighted by molar-refractivity contribution is 0.280. The topological polar surface area (TPSA) is 66.4 Å². The summed E-state index contributed by atoms with van der Waals surface area (Å²) in [7, 11) is -3.42. The number of sulfonamides is 1. The van der Waals surface area contributed by atoms with Crippen molar-refractivity contribution in [1.82, 2.24) is 4.72 Å². The van der Waals surface area contributed by atoms with Gasteiger partial charge in [0.1, 0.15) is 0 Å². The van der Waals surface area contributed by atoms with E-state index in [1.165, 1.54) is 12.1 Å². The van der Waals surface area contributed by atoms with Gasteiger partial charge in [0.2, 0.25) is 10.0 Å². The second kappa shape index (κ2) is 4.74. The molecule has 0 aliphatic rings. The van der Waals surface area contributed by atoms with Crippen LogP contribution in [0, 0.1) is 6.92 Å². The van der Waals surface area contributed by atoms with Crippen LogP contribution in [0.2, 0.25) is 0 Å². The van der Waals surface area contributed by atoms with Crippen LogP contribution in [0.3, 0.4) is 0 Å². The molecule has 0 amide bonds. The molecule has 0 aliphatic heterocycles. The SMILES string of the molecule is CCNS(=O)(=O)c1ccc(C)c(CO)c1. The summed E-state index contributed by atoms with van der Waals surface area (Å²) in [6.07, 6.45) is 0. The van der Waals surface area contributed by atoms with E-state index in [4.69, 9.17) is 5.11 Å². The van der Waals surface area contributed by atoms with Gasteiger partial charge >= 0.3 is 0 Å². The molecule has 0 unspecified atom stereocenters. The van der Waals surface area contributed by atoms with Crippen molar-refractivity contribution in [2.45, 2.75) is 25.3 Å². The fourth-order valence-electron chi connectivity index (χ4n) is 1.26. The van der Waals surface area contributed by atoms with E-state index in [0.717, 1.165) is 5.56 Å². The van der Waals surface area contributed by atoms with Crippen LogP contribution >= 0.6 is 0 Å². The highest BCUT2D eigenvalue weighted by molar-refractivity contribution is 7.89. The van der Waals surface area contributed by atoms with Crippen LogP contribution in [0.1, 0.15) is 18.1 Å². The lowest BCUT2D eigenvalue weighted by Crippen LogP contribution is -2.23. The van der Waals surface area contributed by atoms with Crippen molar-refractivity contribution in [1.29, 1.82) is 0 Å². The molecule has 5 heteroatoms. The lowest BCUT2D eigenvalue weighted by atomic mass is 10.1. The van der Waals surface area contributed by atoms with E-state index in [-0.39, 0.29) is 11.5 Å². The Kier molecular flexibility index (Phi) is 3.84. The molecule has 0 aliphatic carbocycles. The summed E-state index contributed by atoms with van der Waals surface area (Å²) < 4.78 is 25.6. The molecule has 0 heterocycles. The van der Waals surface area contributed by atoms with Gasteiger partial charge < -0.3 is 5.11 Å². The van der Waals surface area contributed by atoms with Gasteiger partial charge in [0.25, 0.3) is 0 Å². The zero-order valence-corrected chi connectivity index (χ0v) is 9.63. The zero-order chi connectivity index (χ0) is 11.5. The molecule has 0 atom stereocenters. The second-order valence-corrected chi connectivity index (χ2v) is 5.01. The van der Waals surface area contributed by atoms with E-state index >= 15 is 0 Å². The fraction of sp³-hybridized carbons (Fsp3) is 0.400. The Morgan fingerprint density at radius 3 is 2.60 bits per heavy atom. The highest BCUT2D eigenvalue weighted by atomic mass is 32.2. The van der Waals surface area contributed by atoms with E-state index in [9.17, 15) is 8.42 Å². The first-order chi connectivity index (χ1) is 7.01. The van der Waals surface area contributed by atoms with Gasteiger partial charge in [0, 0.05) is 6.54 Å². The van der Waals surface area contributed by atoms with Crippen LogP contribution in [0.25, 0.3) is 0 Å². The molecule has 0 spiro atoms. The Morgan fingerprint density at radius 2 is 2.07 bits per heavy atom. The number of aryl methyl sites for hydroxylation is 1. The Balaban J connectivity index is 3.17. The van der Waals surface area contributed by atoms with Crippen LogP contribution < -0.4 is 4.72 Å². The van der Waals surface area contributed by atoms with Crippen molar-refractivity contribution in [2.75, 3.05) is 6.54 Å². The number of benzene rings is 1. The summed E-state index contributed by atoms with van der Waals surface area (Å²) in [5.74, 6) is 0. The van der Waals surface area contributed by atoms with Crippen LogP contribution in [0.15, 0.2) is 23.1 Å². The van der Waals surface area contributed by atoms with Gasteiger partial charge in [-0.2, -0.15) is 0 Å². The minimum absolute atomic E-state index is 0.151. The maximum absolute atomic E-state index is 11.6. The van der Waals surface area contributed by atoms with E-state index < -0.39 is 10.0 Å². The van der Waals surface area contributed by atoms with E-state index in [1.54, 1.807) is 13.0 Å². The smallest absolute Gasteiger partial charge is 0.240 e. The highest BCUT2D eigenvalue weighted by Crippen LogP contribution is 2.15. The van der Waals surface area contributed by atoms with E-state index in [0.29, 0.717) is 12.1 Å². The van der Waals surface area contributed by atoms with Crippen molar-refractivity contribution in [3.05, 3.63) is 29.3 Å². The van der Waals surface area contributed by atoms with Crippen LogP contribution in [0.4, 0.5) is 0 Å². The Labute approximate surface area is 90.0 Å². The molecule has 0 fully saturated rings. The summed E-state index contributed by atoms with van der Waals surface area (Å²) in [6, 6.07) is 4.72. The third-order valence-electron chi connectivity index (χ3n) is 2.14. The minimum Gasteiger partial charge on any atom is -0.392 e. The third kappa shape index (κ3) is 2.77. The molecule has 84 valence electrons. The Hall–Kier alpha value is -0.910. The molecule has 0 aromatic heterocycles. The number of hydrogen-bond donors (Lipinski definition) is 2. The van der Waals surface area contributed by atoms with E-state index in [2.05, 4.69) is 4.72 Å². The molecule has 0 bridgehead atoms. The molecule has 0 radical (unpaired) electrons. The highest BCUT2D eigenvalue weighted by Gasteiger charge is 2.13. The van der Waals surface area contributed by atoms with Crippen molar-refractivity contribution >= 4 is 10.0 Å². The standard InChI is InChI=1S/C10H15NO3S/c1-3-11-15(13,14)10-5-4-8(2)9(6-10)7-12/h4-6,11-12H,3,7H2,1-2H3. The average molecular weight is 229 g/mol. The molecule has 0 saturated carbocycles. The predicted molar refractivity (Wildman–Crippen MR) is 58.0 cm³/mol. The normalized spacial score (nSPS) is 11.7. The van der Waals surface area contributed by atoms with Gasteiger partial charge in [0.15, 0.2) is 0 Å². The summed E-state index contributed by atoms with van der Waals surface area (Å²) >= 11 is 0. The summed E-state index contributed by atoms with van der Waals surface area (Å²) in [6.45, 7) is 3.75. The van der Waals surface area contributed by atoms with Crippen molar-refractivity contribution in [3.63, 3.8) is 0 Å². The first-order valence-electron chi connectivity index (χ1n) is 4.71. The van der Waals surface area contributed by atoms with Crippen LogP contribution in [-0.2, 0) is 16.6 Å². The minimum atomic E-state index is -3.42. The number of rotatable bonds is 4. The first-order valence-corrected chi connectivity index (χ1v) is 6.19. The molecule has 1 aromatic rings. The van der Waals surface area contributed by atoms with Gasteiger partial charge in [-0.15, -0.1) is 0 Å². The number of hydrogen-bond acceptors (Lipinski definition) is 3. The molecule has 1 aromatic carbocycles. The monoisotopic (exact) mass is 229 g/mol. The lowest BCUT2D eigenvalue weighted by Gasteiger charge is -2.07. The molecule has 1 rings (SSSR count). The summed E-state index contributed by atoms with van der Waals surface area (Å²) in [5, 5.41) is 9.02. The van der Waals surface area contributed by atoms with Crippen molar-refractivity contribution < 1.29 is 13.5 Å². The second-order valence-electron chi connectivity index (χ2n) is 3.25. The largest absolute Gasteiger partial charge is 0.392 e. The number of aliphatic hydroxyl groups excluding tert-OH is 1. The quantitative estimate of drug-likeness (QED) is 0.802. The van der Waals surface area contributed by atoms with Gasteiger partial charge in [-0.05, 0) is 30.2 Å². The average Bonchev–Trinajstić information content (AvgIpc) is 2.18.